The van der Waals surface area contributed by atoms with Crippen molar-refractivity contribution in [2.45, 2.75) is 26.1 Å². The predicted molar refractivity (Wildman–Crippen MR) is 121 cm³/mol. The van der Waals surface area contributed by atoms with Crippen LogP contribution in [-0.2, 0) is 17.5 Å². The monoisotopic (exact) mass is 509 g/mol. The highest BCUT2D eigenvalue weighted by Crippen LogP contribution is 2.39. The van der Waals surface area contributed by atoms with E-state index in [2.05, 4.69) is 10.3 Å². The summed E-state index contributed by atoms with van der Waals surface area (Å²) in [5.41, 5.74) is -2.44. The van der Waals surface area contributed by atoms with Gasteiger partial charge in [0.05, 0.1) is 11.3 Å². The lowest BCUT2D eigenvalue weighted by molar-refractivity contribution is -0.137. The van der Waals surface area contributed by atoms with Crippen LogP contribution in [0.3, 0.4) is 0 Å². The zero-order valence-electron chi connectivity index (χ0n) is 17.5. The number of halogens is 5. The van der Waals surface area contributed by atoms with Gasteiger partial charge in [0.15, 0.2) is 0 Å². The van der Waals surface area contributed by atoms with Crippen molar-refractivity contribution in [2.24, 2.45) is 0 Å². The number of carbonyl (C=O) groups is 1. The van der Waals surface area contributed by atoms with Crippen LogP contribution in [0.5, 0.6) is 5.75 Å². The van der Waals surface area contributed by atoms with Crippen molar-refractivity contribution in [1.82, 2.24) is 10.3 Å². The molecule has 0 aliphatic carbocycles. The first-order valence-electron chi connectivity index (χ1n) is 9.79. The molecule has 3 aromatic rings. The number of carbonyl (C=O) groups excluding carboxylic acids is 1. The fourth-order valence-electron chi connectivity index (χ4n) is 3.25. The number of nitriles is 1. The van der Waals surface area contributed by atoms with Crippen molar-refractivity contribution < 1.29 is 23.1 Å². The third-order valence-corrected chi connectivity index (χ3v) is 5.52. The Balaban J connectivity index is 2.23. The van der Waals surface area contributed by atoms with E-state index in [4.69, 9.17) is 23.2 Å². The first-order valence-corrected chi connectivity index (χ1v) is 10.5. The summed E-state index contributed by atoms with van der Waals surface area (Å²) in [6.45, 7) is 1.60. The molecule has 0 spiro atoms. The summed E-state index contributed by atoms with van der Waals surface area (Å²) in [6, 6.07) is 8.22. The standard InChI is InChI=1S/C23H16Cl2F3N3O3/c1-2-20(32)30-10-11-5-13(24)7-16(21(11)33)19-8-14(17(9-29)22(34)31-19)15-6-12(23(26,27)28)3-4-18(15)25/h3-8,33H,2,10H2,1H3,(H,30,32)(H,31,34). The number of benzene rings is 2. The molecule has 0 saturated carbocycles. The summed E-state index contributed by atoms with van der Waals surface area (Å²) < 4.78 is 39.8. The molecule has 0 aliphatic rings. The first kappa shape index (κ1) is 25.1. The van der Waals surface area contributed by atoms with Crippen LogP contribution in [0.1, 0.15) is 30.0 Å². The first-order chi connectivity index (χ1) is 16.0. The Hall–Kier alpha value is -3.48. The van der Waals surface area contributed by atoms with Crippen LogP contribution in [0, 0.1) is 11.3 Å². The molecule has 0 fully saturated rings. The van der Waals surface area contributed by atoms with Crippen molar-refractivity contribution in [1.29, 1.82) is 5.26 Å². The molecule has 1 aromatic heterocycles. The maximum absolute atomic E-state index is 13.3. The van der Waals surface area contributed by atoms with Gasteiger partial charge in [0.1, 0.15) is 17.4 Å². The maximum Gasteiger partial charge on any atom is 0.416 e. The van der Waals surface area contributed by atoms with E-state index in [0.29, 0.717) is 0 Å². The number of amides is 1. The molecule has 1 amide bonds. The molecule has 0 bridgehead atoms. The topological polar surface area (TPSA) is 106 Å². The predicted octanol–water partition coefficient (Wildman–Crippen LogP) is 5.64. The molecule has 6 nitrogen and oxygen atoms in total. The number of hydrogen-bond donors (Lipinski definition) is 3. The average molecular weight is 510 g/mol. The van der Waals surface area contributed by atoms with Gasteiger partial charge in [-0.2, -0.15) is 18.4 Å². The molecule has 0 aliphatic heterocycles. The molecule has 1 heterocycles. The van der Waals surface area contributed by atoms with Gasteiger partial charge in [-0.1, -0.05) is 30.1 Å². The Kier molecular flexibility index (Phi) is 7.24. The second-order valence-corrected chi connectivity index (χ2v) is 8.04. The van der Waals surface area contributed by atoms with Gasteiger partial charge in [-0.05, 0) is 36.4 Å². The lowest BCUT2D eigenvalue weighted by Gasteiger charge is -2.15. The van der Waals surface area contributed by atoms with Crippen LogP contribution >= 0.6 is 23.2 Å². The van der Waals surface area contributed by atoms with E-state index in [0.717, 1.165) is 18.2 Å². The molecule has 11 heteroatoms. The Morgan fingerprint density at radius 2 is 1.85 bits per heavy atom. The number of phenols is 1. The lowest BCUT2D eigenvalue weighted by Crippen LogP contribution is -2.21. The van der Waals surface area contributed by atoms with E-state index in [1.165, 1.54) is 18.2 Å². The van der Waals surface area contributed by atoms with Gasteiger partial charge < -0.3 is 15.4 Å². The molecule has 34 heavy (non-hydrogen) atoms. The molecule has 0 radical (unpaired) electrons. The number of aromatic hydroxyl groups is 1. The Morgan fingerprint density at radius 1 is 1.15 bits per heavy atom. The molecule has 0 saturated heterocycles. The van der Waals surface area contributed by atoms with Crippen LogP contribution in [0.15, 0.2) is 41.2 Å². The SMILES string of the molecule is CCC(=O)NCc1cc(Cl)cc(-c2cc(-c3cc(C(F)(F)F)ccc3Cl)c(C#N)c(=O)[nH]2)c1O. The van der Waals surface area contributed by atoms with Crippen LogP contribution in [-0.4, -0.2) is 16.0 Å². The summed E-state index contributed by atoms with van der Waals surface area (Å²) in [5, 5.41) is 22.9. The summed E-state index contributed by atoms with van der Waals surface area (Å²) in [4.78, 5) is 26.7. The van der Waals surface area contributed by atoms with Crippen molar-refractivity contribution in [2.75, 3.05) is 0 Å². The molecule has 2 aromatic carbocycles. The average Bonchev–Trinajstić information content (AvgIpc) is 2.78. The Bertz CT molecular complexity index is 1380. The smallest absolute Gasteiger partial charge is 0.416 e. The number of nitrogens with zero attached hydrogens (tertiary/aromatic N) is 1. The van der Waals surface area contributed by atoms with Crippen molar-refractivity contribution in [3.63, 3.8) is 0 Å². The summed E-state index contributed by atoms with van der Waals surface area (Å²) in [6.07, 6.45) is -4.46. The van der Waals surface area contributed by atoms with Gasteiger partial charge in [-0.15, -0.1) is 0 Å². The van der Waals surface area contributed by atoms with Gasteiger partial charge in [-0.3, -0.25) is 9.59 Å². The van der Waals surface area contributed by atoms with Gasteiger partial charge in [0.25, 0.3) is 5.56 Å². The molecule has 3 rings (SSSR count). The summed E-state index contributed by atoms with van der Waals surface area (Å²) >= 11 is 12.3. The lowest BCUT2D eigenvalue weighted by atomic mass is 9.96. The second kappa shape index (κ2) is 9.79. The van der Waals surface area contributed by atoms with E-state index in [-0.39, 0.29) is 62.6 Å². The van der Waals surface area contributed by atoms with Gasteiger partial charge in [-0.25, -0.2) is 0 Å². The zero-order chi connectivity index (χ0) is 25.2. The van der Waals surface area contributed by atoms with Crippen molar-refractivity contribution in [3.8, 4) is 34.2 Å². The number of phenolic OH excluding ortho intramolecular Hbond substituents is 1. The van der Waals surface area contributed by atoms with E-state index in [1.807, 2.05) is 0 Å². The minimum absolute atomic E-state index is 0.0180. The number of nitrogens with one attached hydrogen (secondary N) is 2. The molecular weight excluding hydrogens is 494 g/mol. The fourth-order valence-corrected chi connectivity index (χ4v) is 3.71. The molecular formula is C23H16Cl2F3N3O3. The fraction of sp³-hybridized carbons (Fsp3) is 0.174. The maximum atomic E-state index is 13.3. The largest absolute Gasteiger partial charge is 0.507 e. The van der Waals surface area contributed by atoms with Crippen LogP contribution in [0.2, 0.25) is 10.0 Å². The highest BCUT2D eigenvalue weighted by molar-refractivity contribution is 6.33. The van der Waals surface area contributed by atoms with Crippen molar-refractivity contribution >= 4 is 29.1 Å². The van der Waals surface area contributed by atoms with Crippen LogP contribution in [0.4, 0.5) is 13.2 Å². The van der Waals surface area contributed by atoms with Crippen LogP contribution in [0.25, 0.3) is 22.4 Å². The highest BCUT2D eigenvalue weighted by Gasteiger charge is 2.31. The van der Waals surface area contributed by atoms with Gasteiger partial charge in [0.2, 0.25) is 5.91 Å². The molecule has 176 valence electrons. The summed E-state index contributed by atoms with van der Waals surface area (Å²) in [7, 11) is 0. The quantitative estimate of drug-likeness (QED) is 0.413. The zero-order valence-corrected chi connectivity index (χ0v) is 19.0. The molecule has 0 atom stereocenters. The minimum atomic E-state index is -4.68. The van der Waals surface area contributed by atoms with E-state index in [9.17, 15) is 33.1 Å². The highest BCUT2D eigenvalue weighted by atomic mass is 35.5. The normalized spacial score (nSPS) is 11.2. The van der Waals surface area contributed by atoms with Crippen molar-refractivity contribution in [3.05, 3.63) is 73.5 Å². The Labute approximate surface area is 201 Å². The molecule has 3 N–H and O–H groups in total. The second-order valence-electron chi connectivity index (χ2n) is 7.20. The van der Waals surface area contributed by atoms with Gasteiger partial charge >= 0.3 is 6.18 Å². The number of hydrogen-bond acceptors (Lipinski definition) is 4. The summed E-state index contributed by atoms with van der Waals surface area (Å²) in [5.74, 6) is -0.587. The van der Waals surface area contributed by atoms with E-state index in [1.54, 1.807) is 13.0 Å². The number of alkyl halides is 3. The molecule has 0 unspecified atom stereocenters. The Morgan fingerprint density at radius 3 is 2.47 bits per heavy atom. The number of aromatic nitrogens is 1. The van der Waals surface area contributed by atoms with E-state index < -0.39 is 22.9 Å². The number of H-pyrrole nitrogens is 1. The minimum Gasteiger partial charge on any atom is -0.507 e. The number of aromatic amines is 1. The number of pyridine rings is 1. The van der Waals surface area contributed by atoms with Gasteiger partial charge in [0, 0.05) is 45.3 Å². The van der Waals surface area contributed by atoms with E-state index >= 15 is 0 Å². The third kappa shape index (κ3) is 5.19. The van der Waals surface area contributed by atoms with Crippen LogP contribution < -0.4 is 10.9 Å². The third-order valence-electron chi connectivity index (χ3n) is 4.97. The number of rotatable bonds is 5.